The third kappa shape index (κ3) is 4.70. The van der Waals surface area contributed by atoms with Crippen LogP contribution in [0.3, 0.4) is 0 Å². The molecule has 0 fully saturated rings. The first kappa shape index (κ1) is 15.2. The van der Waals surface area contributed by atoms with Crippen molar-refractivity contribution in [2.24, 2.45) is 0 Å². The lowest BCUT2D eigenvalue weighted by atomic mass is 10.1. The molecule has 21 heavy (non-hydrogen) atoms. The minimum atomic E-state index is -0.166. The minimum Gasteiger partial charge on any atom is -0.370 e. The van der Waals surface area contributed by atoms with E-state index in [1.165, 1.54) is 6.07 Å². The lowest BCUT2D eigenvalue weighted by Crippen LogP contribution is -2.14. The SMILES string of the molecule is Cc1cc(NCCc2ccccc2F)nc(NC(C)C)n1. The summed E-state index contributed by atoms with van der Waals surface area (Å²) in [4.78, 5) is 8.73. The molecule has 0 aliphatic heterocycles. The van der Waals surface area contributed by atoms with E-state index in [0.717, 1.165) is 11.5 Å². The van der Waals surface area contributed by atoms with E-state index in [-0.39, 0.29) is 11.9 Å². The third-order valence-corrected chi connectivity index (χ3v) is 2.93. The van der Waals surface area contributed by atoms with Gasteiger partial charge in [-0.15, -0.1) is 0 Å². The van der Waals surface area contributed by atoms with E-state index >= 15 is 0 Å². The topological polar surface area (TPSA) is 49.8 Å². The van der Waals surface area contributed by atoms with Gasteiger partial charge in [0.2, 0.25) is 5.95 Å². The number of aryl methyl sites for hydroxylation is 1. The molecule has 0 spiro atoms. The van der Waals surface area contributed by atoms with Gasteiger partial charge in [-0.25, -0.2) is 9.37 Å². The Labute approximate surface area is 124 Å². The zero-order chi connectivity index (χ0) is 15.2. The minimum absolute atomic E-state index is 0.166. The molecule has 2 rings (SSSR count). The molecule has 2 aromatic rings. The van der Waals surface area contributed by atoms with Gasteiger partial charge in [-0.05, 0) is 38.8 Å². The first-order valence-corrected chi connectivity index (χ1v) is 7.14. The number of halogens is 1. The predicted molar refractivity (Wildman–Crippen MR) is 84.1 cm³/mol. The van der Waals surface area contributed by atoms with Crippen LogP contribution < -0.4 is 10.6 Å². The van der Waals surface area contributed by atoms with E-state index in [1.807, 2.05) is 32.9 Å². The molecule has 4 nitrogen and oxygen atoms in total. The third-order valence-electron chi connectivity index (χ3n) is 2.93. The van der Waals surface area contributed by atoms with Gasteiger partial charge in [0.25, 0.3) is 0 Å². The van der Waals surface area contributed by atoms with Crippen LogP contribution in [0.25, 0.3) is 0 Å². The zero-order valence-electron chi connectivity index (χ0n) is 12.7. The Morgan fingerprint density at radius 2 is 1.95 bits per heavy atom. The highest BCUT2D eigenvalue weighted by Crippen LogP contribution is 2.11. The largest absolute Gasteiger partial charge is 0.370 e. The standard InChI is InChI=1S/C16H21FN4/c1-11(2)19-16-20-12(3)10-15(21-16)18-9-8-13-6-4-5-7-14(13)17/h4-7,10-11H,8-9H2,1-3H3,(H2,18,19,20,21). The van der Waals surface area contributed by atoms with E-state index in [2.05, 4.69) is 20.6 Å². The van der Waals surface area contributed by atoms with Crippen molar-refractivity contribution in [3.8, 4) is 0 Å². The summed E-state index contributed by atoms with van der Waals surface area (Å²) in [5.74, 6) is 1.20. The van der Waals surface area contributed by atoms with Gasteiger partial charge in [-0.1, -0.05) is 18.2 Å². The second-order valence-electron chi connectivity index (χ2n) is 5.29. The van der Waals surface area contributed by atoms with E-state index in [9.17, 15) is 4.39 Å². The molecule has 5 heteroatoms. The van der Waals surface area contributed by atoms with Crippen molar-refractivity contribution in [3.63, 3.8) is 0 Å². The van der Waals surface area contributed by atoms with Crippen LogP contribution in [0.4, 0.5) is 16.2 Å². The van der Waals surface area contributed by atoms with Crippen molar-refractivity contribution < 1.29 is 4.39 Å². The lowest BCUT2D eigenvalue weighted by Gasteiger charge is -2.12. The molecule has 1 aromatic carbocycles. The molecule has 0 unspecified atom stereocenters. The van der Waals surface area contributed by atoms with Gasteiger partial charge in [-0.2, -0.15) is 4.98 Å². The quantitative estimate of drug-likeness (QED) is 0.855. The number of aromatic nitrogens is 2. The van der Waals surface area contributed by atoms with Gasteiger partial charge >= 0.3 is 0 Å². The summed E-state index contributed by atoms with van der Waals surface area (Å²) < 4.78 is 13.5. The maximum atomic E-state index is 13.5. The highest BCUT2D eigenvalue weighted by Gasteiger charge is 2.04. The van der Waals surface area contributed by atoms with Crippen LogP contribution in [0.1, 0.15) is 25.1 Å². The summed E-state index contributed by atoms with van der Waals surface area (Å²) in [7, 11) is 0. The lowest BCUT2D eigenvalue weighted by molar-refractivity contribution is 0.610. The fourth-order valence-electron chi connectivity index (χ4n) is 2.01. The molecule has 0 amide bonds. The molecular formula is C16H21FN4. The van der Waals surface area contributed by atoms with Crippen molar-refractivity contribution in [3.05, 3.63) is 47.4 Å². The smallest absolute Gasteiger partial charge is 0.225 e. The second-order valence-corrected chi connectivity index (χ2v) is 5.29. The van der Waals surface area contributed by atoms with Crippen molar-refractivity contribution in [2.45, 2.75) is 33.2 Å². The fraction of sp³-hybridized carbons (Fsp3) is 0.375. The number of hydrogen-bond acceptors (Lipinski definition) is 4. The van der Waals surface area contributed by atoms with Crippen LogP contribution in [0.5, 0.6) is 0 Å². The Morgan fingerprint density at radius 3 is 2.67 bits per heavy atom. The van der Waals surface area contributed by atoms with Gasteiger partial charge < -0.3 is 10.6 Å². The maximum absolute atomic E-state index is 13.5. The Kier molecular flexibility index (Phi) is 5.09. The molecule has 0 atom stereocenters. The zero-order valence-corrected chi connectivity index (χ0v) is 12.7. The molecule has 1 heterocycles. The van der Waals surface area contributed by atoms with Crippen molar-refractivity contribution in [2.75, 3.05) is 17.2 Å². The van der Waals surface area contributed by atoms with Crippen LogP contribution in [-0.2, 0) is 6.42 Å². The van der Waals surface area contributed by atoms with E-state index in [0.29, 0.717) is 24.5 Å². The van der Waals surface area contributed by atoms with Gasteiger partial charge in [0.05, 0.1) is 0 Å². The van der Waals surface area contributed by atoms with E-state index < -0.39 is 0 Å². The molecule has 1 aromatic heterocycles. The molecule has 0 saturated carbocycles. The van der Waals surface area contributed by atoms with Crippen molar-refractivity contribution in [1.82, 2.24) is 9.97 Å². The summed E-state index contributed by atoms with van der Waals surface area (Å²) in [6.07, 6.45) is 0.614. The molecule has 0 aliphatic rings. The highest BCUT2D eigenvalue weighted by molar-refractivity contribution is 5.42. The summed E-state index contributed by atoms with van der Waals surface area (Å²) in [5, 5.41) is 6.40. The Balaban J connectivity index is 1.97. The predicted octanol–water partition coefficient (Wildman–Crippen LogP) is 3.40. The van der Waals surface area contributed by atoms with Crippen LogP contribution >= 0.6 is 0 Å². The number of anilines is 2. The number of nitrogens with zero attached hydrogens (tertiary/aromatic N) is 2. The average molecular weight is 288 g/mol. The Bertz CT molecular complexity index is 599. The van der Waals surface area contributed by atoms with Crippen LogP contribution in [0.2, 0.25) is 0 Å². The highest BCUT2D eigenvalue weighted by atomic mass is 19.1. The average Bonchev–Trinajstić information content (AvgIpc) is 2.39. The summed E-state index contributed by atoms with van der Waals surface area (Å²) >= 11 is 0. The molecule has 0 saturated heterocycles. The second kappa shape index (κ2) is 7.02. The molecule has 112 valence electrons. The van der Waals surface area contributed by atoms with Gasteiger partial charge in [0.1, 0.15) is 11.6 Å². The van der Waals surface area contributed by atoms with E-state index in [1.54, 1.807) is 12.1 Å². The van der Waals surface area contributed by atoms with Gasteiger partial charge in [0, 0.05) is 24.3 Å². The molecule has 0 aliphatic carbocycles. The number of nitrogens with one attached hydrogen (secondary N) is 2. The van der Waals surface area contributed by atoms with Crippen molar-refractivity contribution >= 4 is 11.8 Å². The number of rotatable bonds is 6. The summed E-state index contributed by atoms with van der Waals surface area (Å²) in [6.45, 7) is 6.63. The Morgan fingerprint density at radius 1 is 1.19 bits per heavy atom. The van der Waals surface area contributed by atoms with Crippen LogP contribution in [0.15, 0.2) is 30.3 Å². The van der Waals surface area contributed by atoms with Crippen LogP contribution in [0, 0.1) is 12.7 Å². The molecule has 0 radical (unpaired) electrons. The molecular weight excluding hydrogens is 267 g/mol. The normalized spacial score (nSPS) is 10.7. The number of hydrogen-bond donors (Lipinski definition) is 2. The van der Waals surface area contributed by atoms with Crippen LogP contribution in [-0.4, -0.2) is 22.6 Å². The summed E-state index contributed by atoms with van der Waals surface area (Å²) in [5.41, 5.74) is 1.60. The van der Waals surface area contributed by atoms with Crippen molar-refractivity contribution in [1.29, 1.82) is 0 Å². The van der Waals surface area contributed by atoms with Gasteiger partial charge in [0.15, 0.2) is 0 Å². The fourth-order valence-corrected chi connectivity index (χ4v) is 2.01. The van der Waals surface area contributed by atoms with E-state index in [4.69, 9.17) is 0 Å². The number of benzene rings is 1. The maximum Gasteiger partial charge on any atom is 0.225 e. The Hall–Kier alpha value is -2.17. The summed E-state index contributed by atoms with van der Waals surface area (Å²) in [6, 6.07) is 8.98. The first-order chi connectivity index (χ1) is 10.0. The molecule has 0 bridgehead atoms. The molecule has 2 N–H and O–H groups in total. The van der Waals surface area contributed by atoms with Gasteiger partial charge in [-0.3, -0.25) is 0 Å². The monoisotopic (exact) mass is 288 g/mol. The first-order valence-electron chi connectivity index (χ1n) is 7.14.